The van der Waals surface area contributed by atoms with Crippen molar-refractivity contribution in [3.63, 3.8) is 0 Å². The molecule has 1 heterocycles. The zero-order valence-corrected chi connectivity index (χ0v) is 11.1. The lowest BCUT2D eigenvalue weighted by atomic mass is 10.1. The summed E-state index contributed by atoms with van der Waals surface area (Å²) >= 11 is 0. The molecule has 7 heteroatoms. The van der Waals surface area contributed by atoms with Crippen LogP contribution in [0.25, 0.3) is 10.9 Å². The van der Waals surface area contributed by atoms with Gasteiger partial charge in [-0.3, -0.25) is 19.9 Å². The predicted octanol–water partition coefficient (Wildman–Crippen LogP) is 1.69. The van der Waals surface area contributed by atoms with Crippen molar-refractivity contribution >= 4 is 28.2 Å². The van der Waals surface area contributed by atoms with Crippen molar-refractivity contribution in [2.24, 2.45) is 0 Å². The lowest BCUT2D eigenvalue weighted by molar-refractivity contribution is -0.382. The second-order valence-electron chi connectivity index (χ2n) is 4.27. The van der Waals surface area contributed by atoms with Crippen molar-refractivity contribution < 1.29 is 9.72 Å². The number of hydrogen-bond donors (Lipinski definition) is 2. The predicted molar refractivity (Wildman–Crippen MR) is 75.5 cm³/mol. The number of pyridine rings is 1. The fraction of sp³-hybridized carbons (Fsp3) is 0.231. The average molecular weight is 274 g/mol. The van der Waals surface area contributed by atoms with Crippen LogP contribution >= 0.6 is 0 Å². The molecule has 2 aromatic rings. The summed E-state index contributed by atoms with van der Waals surface area (Å²) in [5.41, 5.74) is 0.760. The summed E-state index contributed by atoms with van der Waals surface area (Å²) in [6.07, 6.45) is 1.58. The quantitative estimate of drug-likeness (QED) is 0.653. The monoisotopic (exact) mass is 274 g/mol. The van der Waals surface area contributed by atoms with Crippen molar-refractivity contribution in [3.05, 3.63) is 40.6 Å². The van der Waals surface area contributed by atoms with E-state index in [2.05, 4.69) is 15.6 Å². The van der Waals surface area contributed by atoms with Gasteiger partial charge in [0.2, 0.25) is 5.91 Å². The number of hydrogen-bond acceptors (Lipinski definition) is 5. The van der Waals surface area contributed by atoms with Crippen LogP contribution in [0.3, 0.4) is 0 Å². The standard InChI is InChI=1S/C13H14N4O3/c1-8(13(18)14-2)16-11-6-5-10-9(4-3-7-15-10)12(11)17(19)20/h3-8,16H,1-2H3,(H,14,18). The number of carbonyl (C=O) groups excluding carboxylic acids is 1. The molecule has 2 rings (SSSR count). The van der Waals surface area contributed by atoms with E-state index in [0.29, 0.717) is 16.6 Å². The van der Waals surface area contributed by atoms with Crippen molar-refractivity contribution in [1.29, 1.82) is 0 Å². The fourth-order valence-electron chi connectivity index (χ4n) is 1.97. The average Bonchev–Trinajstić information content (AvgIpc) is 2.45. The van der Waals surface area contributed by atoms with Crippen molar-refractivity contribution in [2.45, 2.75) is 13.0 Å². The van der Waals surface area contributed by atoms with Gasteiger partial charge in [0.05, 0.1) is 15.8 Å². The molecule has 20 heavy (non-hydrogen) atoms. The highest BCUT2D eigenvalue weighted by molar-refractivity contribution is 5.95. The molecule has 0 bridgehead atoms. The Morgan fingerprint density at radius 1 is 1.40 bits per heavy atom. The first-order valence-electron chi connectivity index (χ1n) is 6.05. The Morgan fingerprint density at radius 2 is 2.15 bits per heavy atom. The number of rotatable bonds is 4. The van der Waals surface area contributed by atoms with E-state index in [1.54, 1.807) is 37.4 Å². The number of nitrogens with zero attached hydrogens (tertiary/aromatic N) is 2. The number of nitro groups is 1. The van der Waals surface area contributed by atoms with Gasteiger partial charge >= 0.3 is 5.69 Å². The smallest absolute Gasteiger partial charge is 0.301 e. The highest BCUT2D eigenvalue weighted by atomic mass is 16.6. The second kappa shape index (κ2) is 5.52. The van der Waals surface area contributed by atoms with Gasteiger partial charge in [0.25, 0.3) is 0 Å². The lowest BCUT2D eigenvalue weighted by Gasteiger charge is -2.14. The first-order chi connectivity index (χ1) is 9.54. The minimum absolute atomic E-state index is 0.0775. The summed E-state index contributed by atoms with van der Waals surface area (Å²) in [4.78, 5) is 26.4. The molecule has 0 saturated carbocycles. The molecular weight excluding hydrogens is 260 g/mol. The number of amides is 1. The number of likely N-dealkylation sites (N-methyl/N-ethyl adjacent to an activating group) is 1. The first-order valence-corrected chi connectivity index (χ1v) is 6.05. The maximum Gasteiger partial charge on any atom is 0.301 e. The molecule has 0 aliphatic carbocycles. The topological polar surface area (TPSA) is 97.2 Å². The van der Waals surface area contributed by atoms with Crippen LogP contribution in [-0.2, 0) is 4.79 Å². The van der Waals surface area contributed by atoms with Crippen molar-refractivity contribution in [3.8, 4) is 0 Å². The zero-order valence-electron chi connectivity index (χ0n) is 11.1. The molecule has 0 saturated heterocycles. The third-order valence-electron chi connectivity index (χ3n) is 2.95. The zero-order chi connectivity index (χ0) is 14.7. The van der Waals surface area contributed by atoms with Gasteiger partial charge in [0, 0.05) is 13.2 Å². The number of carbonyl (C=O) groups is 1. The van der Waals surface area contributed by atoms with Gasteiger partial charge in [0.1, 0.15) is 11.7 Å². The summed E-state index contributed by atoms with van der Waals surface area (Å²) in [7, 11) is 1.51. The van der Waals surface area contributed by atoms with E-state index in [1.807, 2.05) is 0 Å². The maximum absolute atomic E-state index is 11.5. The SMILES string of the molecule is CNC(=O)C(C)Nc1ccc2ncccc2c1[N+](=O)[O-]. The van der Waals surface area contributed by atoms with Crippen LogP contribution in [-0.4, -0.2) is 28.9 Å². The minimum Gasteiger partial charge on any atom is -0.368 e. The van der Waals surface area contributed by atoms with Crippen LogP contribution in [0.1, 0.15) is 6.92 Å². The van der Waals surface area contributed by atoms with Gasteiger partial charge < -0.3 is 10.6 Å². The van der Waals surface area contributed by atoms with Crippen molar-refractivity contribution in [1.82, 2.24) is 10.3 Å². The Hall–Kier alpha value is -2.70. The first kappa shape index (κ1) is 13.7. The molecule has 0 aliphatic heterocycles. The summed E-state index contributed by atoms with van der Waals surface area (Å²) in [6, 6.07) is 5.94. The van der Waals surface area contributed by atoms with Gasteiger partial charge in [-0.25, -0.2) is 0 Å². The van der Waals surface area contributed by atoms with Gasteiger partial charge in [-0.15, -0.1) is 0 Å². The van der Waals surface area contributed by atoms with Gasteiger partial charge in [-0.1, -0.05) is 0 Å². The van der Waals surface area contributed by atoms with Crippen LogP contribution in [0.5, 0.6) is 0 Å². The summed E-state index contributed by atoms with van der Waals surface area (Å²) in [5.74, 6) is -0.245. The Kier molecular flexibility index (Phi) is 3.79. The fourth-order valence-corrected chi connectivity index (χ4v) is 1.97. The Bertz CT molecular complexity index is 672. The Balaban J connectivity index is 2.50. The molecular formula is C13H14N4O3. The molecule has 2 N–H and O–H groups in total. The molecule has 1 unspecified atom stereocenters. The third kappa shape index (κ3) is 2.51. The maximum atomic E-state index is 11.5. The number of aromatic nitrogens is 1. The van der Waals surface area contributed by atoms with E-state index in [9.17, 15) is 14.9 Å². The normalized spacial score (nSPS) is 11.9. The summed E-state index contributed by atoms with van der Waals surface area (Å²) in [6.45, 7) is 1.63. The second-order valence-corrected chi connectivity index (χ2v) is 4.27. The van der Waals surface area contributed by atoms with E-state index < -0.39 is 11.0 Å². The lowest BCUT2D eigenvalue weighted by Crippen LogP contribution is -2.35. The van der Waals surface area contributed by atoms with Gasteiger partial charge in [-0.05, 0) is 31.2 Å². The summed E-state index contributed by atoms with van der Waals surface area (Å²) in [5, 5.41) is 17.1. The summed E-state index contributed by atoms with van der Waals surface area (Å²) < 4.78 is 0. The van der Waals surface area contributed by atoms with Crippen LogP contribution in [0.4, 0.5) is 11.4 Å². The Labute approximate surface area is 115 Å². The molecule has 104 valence electrons. The molecule has 0 aliphatic rings. The number of anilines is 1. The molecule has 1 aromatic heterocycles. The molecule has 0 spiro atoms. The van der Waals surface area contributed by atoms with Crippen LogP contribution in [0.15, 0.2) is 30.5 Å². The van der Waals surface area contributed by atoms with Gasteiger partial charge in [-0.2, -0.15) is 0 Å². The molecule has 7 nitrogen and oxygen atoms in total. The number of fused-ring (bicyclic) bond motifs is 1. The highest BCUT2D eigenvalue weighted by Gasteiger charge is 2.21. The number of nitro benzene ring substituents is 1. The molecule has 0 radical (unpaired) electrons. The van der Waals surface area contributed by atoms with E-state index in [-0.39, 0.29) is 11.6 Å². The van der Waals surface area contributed by atoms with E-state index in [0.717, 1.165) is 0 Å². The molecule has 1 aromatic carbocycles. The molecule has 1 amide bonds. The minimum atomic E-state index is -0.576. The largest absolute Gasteiger partial charge is 0.368 e. The molecule has 0 fully saturated rings. The Morgan fingerprint density at radius 3 is 2.80 bits per heavy atom. The third-order valence-corrected chi connectivity index (χ3v) is 2.95. The van der Waals surface area contributed by atoms with E-state index >= 15 is 0 Å². The molecule has 1 atom stereocenters. The van der Waals surface area contributed by atoms with Crippen LogP contribution in [0.2, 0.25) is 0 Å². The highest BCUT2D eigenvalue weighted by Crippen LogP contribution is 2.32. The number of benzene rings is 1. The van der Waals surface area contributed by atoms with Crippen LogP contribution in [0, 0.1) is 10.1 Å². The van der Waals surface area contributed by atoms with Gasteiger partial charge in [0.15, 0.2) is 0 Å². The van der Waals surface area contributed by atoms with E-state index in [1.165, 1.54) is 7.05 Å². The van der Waals surface area contributed by atoms with Crippen molar-refractivity contribution in [2.75, 3.05) is 12.4 Å². The van der Waals surface area contributed by atoms with E-state index in [4.69, 9.17) is 0 Å². The number of nitrogens with one attached hydrogen (secondary N) is 2. The van der Waals surface area contributed by atoms with Crippen LogP contribution < -0.4 is 10.6 Å².